The number of benzene rings is 2. The molecule has 1 fully saturated rings. The molecule has 10 heteroatoms. The van der Waals surface area contributed by atoms with Crippen molar-refractivity contribution < 1.29 is 19.1 Å². The number of nitrogens with one attached hydrogen (secondary N) is 2. The van der Waals surface area contributed by atoms with E-state index in [1.54, 1.807) is 29.8 Å². The molecule has 1 saturated heterocycles. The van der Waals surface area contributed by atoms with Crippen molar-refractivity contribution in [2.24, 2.45) is 0 Å². The summed E-state index contributed by atoms with van der Waals surface area (Å²) in [5, 5.41) is 10.5. The third kappa shape index (κ3) is 5.54. The highest BCUT2D eigenvalue weighted by atomic mass is 16.6. The lowest BCUT2D eigenvalue weighted by molar-refractivity contribution is 0.0632. The molecule has 2 amide bonds. The lowest BCUT2D eigenvalue weighted by Crippen LogP contribution is -2.42. The lowest BCUT2D eigenvalue weighted by Gasteiger charge is -2.31. The van der Waals surface area contributed by atoms with E-state index in [0.29, 0.717) is 34.3 Å². The van der Waals surface area contributed by atoms with Crippen LogP contribution in [0, 0.1) is 0 Å². The Bertz CT molecular complexity index is 1490. The summed E-state index contributed by atoms with van der Waals surface area (Å²) in [7, 11) is 1.57. The highest BCUT2D eigenvalue weighted by molar-refractivity contribution is 5.96. The average Bonchev–Trinajstić information content (AvgIpc) is 3.24. The van der Waals surface area contributed by atoms with Crippen LogP contribution >= 0.6 is 0 Å². The van der Waals surface area contributed by atoms with Crippen molar-refractivity contribution >= 4 is 35.0 Å². The molecule has 0 spiro atoms. The van der Waals surface area contributed by atoms with E-state index in [0.717, 1.165) is 30.6 Å². The molecule has 0 atom stereocenters. The molecule has 0 radical (unpaired) electrons. The summed E-state index contributed by atoms with van der Waals surface area (Å²) in [6.07, 6.45) is 2.43. The number of likely N-dealkylation sites (tertiary alicyclic amines) is 1. The monoisotopic (exact) mass is 514 g/mol. The van der Waals surface area contributed by atoms with Gasteiger partial charge in [0.1, 0.15) is 11.4 Å². The fourth-order valence-corrected chi connectivity index (χ4v) is 4.02. The van der Waals surface area contributed by atoms with Crippen LogP contribution in [0.25, 0.3) is 16.8 Å². The topological polar surface area (TPSA) is 110 Å². The Kier molecular flexibility index (Phi) is 6.62. The largest absolute Gasteiger partial charge is 0.495 e. The number of carbonyl (C=O) groups is 2. The van der Waals surface area contributed by atoms with Crippen LogP contribution in [0.2, 0.25) is 0 Å². The van der Waals surface area contributed by atoms with Crippen LogP contribution in [0.15, 0.2) is 60.8 Å². The van der Waals surface area contributed by atoms with Gasteiger partial charge >= 0.3 is 6.09 Å². The molecule has 3 heterocycles. The van der Waals surface area contributed by atoms with Gasteiger partial charge in [0.25, 0.3) is 5.91 Å². The summed E-state index contributed by atoms with van der Waals surface area (Å²) in [5.74, 6) is 0.948. The summed E-state index contributed by atoms with van der Waals surface area (Å²) in [6, 6.07) is 16.6. The van der Waals surface area contributed by atoms with Gasteiger partial charge in [0.05, 0.1) is 12.8 Å². The molecule has 0 aliphatic carbocycles. The molecule has 0 unspecified atom stereocenters. The molecule has 2 aromatic carbocycles. The van der Waals surface area contributed by atoms with Gasteiger partial charge in [-0.25, -0.2) is 9.31 Å². The number of hydrogen-bond acceptors (Lipinski definition) is 7. The smallest absolute Gasteiger partial charge is 0.412 e. The number of pyridine rings is 1. The highest BCUT2D eigenvalue weighted by Crippen LogP contribution is 2.29. The van der Waals surface area contributed by atoms with Crippen LogP contribution in [0.1, 0.15) is 37.6 Å². The van der Waals surface area contributed by atoms with Crippen molar-refractivity contribution in [2.75, 3.05) is 30.8 Å². The number of amides is 2. The van der Waals surface area contributed by atoms with Gasteiger partial charge in [0.2, 0.25) is 5.95 Å². The normalized spacial score (nSPS) is 13.1. The molecule has 1 aliphatic rings. The molecular formula is C28H30N6O4. The molecule has 38 heavy (non-hydrogen) atoms. The molecular weight excluding hydrogens is 484 g/mol. The van der Waals surface area contributed by atoms with Crippen molar-refractivity contribution in [3.05, 3.63) is 66.4 Å². The summed E-state index contributed by atoms with van der Waals surface area (Å²) in [4.78, 5) is 30.9. The van der Waals surface area contributed by atoms with E-state index >= 15 is 0 Å². The Morgan fingerprint density at radius 2 is 1.71 bits per heavy atom. The minimum atomic E-state index is -0.563. The third-order valence-corrected chi connectivity index (χ3v) is 6.03. The second kappa shape index (κ2) is 10.0. The van der Waals surface area contributed by atoms with E-state index in [1.165, 1.54) is 0 Å². The van der Waals surface area contributed by atoms with Gasteiger partial charge in [0.15, 0.2) is 5.65 Å². The molecule has 10 nitrogen and oxygen atoms in total. The van der Waals surface area contributed by atoms with E-state index in [1.807, 2.05) is 68.3 Å². The maximum atomic E-state index is 12.5. The van der Waals surface area contributed by atoms with Crippen molar-refractivity contribution in [2.45, 2.75) is 32.8 Å². The summed E-state index contributed by atoms with van der Waals surface area (Å²) >= 11 is 0. The molecule has 4 aromatic rings. The zero-order chi connectivity index (χ0) is 26.9. The van der Waals surface area contributed by atoms with Crippen molar-refractivity contribution in [3.63, 3.8) is 0 Å². The fourth-order valence-electron chi connectivity index (χ4n) is 4.02. The zero-order valence-electron chi connectivity index (χ0n) is 21.8. The molecule has 2 N–H and O–H groups in total. The van der Waals surface area contributed by atoms with Crippen LogP contribution < -0.4 is 15.4 Å². The standard InChI is InChI=1S/C28H30N6O4/c1-28(2,3)38-27(36)29-21-10-6-18(7-11-21)20-9-13-24-31-26(32-34(24)17-20)30-22-12-8-19(16-23(22)37-4)25(35)33-14-5-15-33/h6-13,16-17H,5,14-15H2,1-4H3,(H,29,36)(H,30,32). The molecule has 2 aromatic heterocycles. The zero-order valence-corrected chi connectivity index (χ0v) is 21.8. The van der Waals surface area contributed by atoms with Crippen LogP contribution in [0.4, 0.5) is 22.1 Å². The summed E-state index contributed by atoms with van der Waals surface area (Å²) < 4.78 is 12.5. The van der Waals surface area contributed by atoms with Gasteiger partial charge in [-0.2, -0.15) is 4.98 Å². The number of hydrogen-bond donors (Lipinski definition) is 2. The second-order valence-corrected chi connectivity index (χ2v) is 10.0. The van der Waals surface area contributed by atoms with Gasteiger partial charge in [-0.1, -0.05) is 12.1 Å². The van der Waals surface area contributed by atoms with Crippen LogP contribution in [-0.2, 0) is 4.74 Å². The van der Waals surface area contributed by atoms with E-state index in [9.17, 15) is 9.59 Å². The maximum absolute atomic E-state index is 12.5. The van der Waals surface area contributed by atoms with E-state index < -0.39 is 11.7 Å². The van der Waals surface area contributed by atoms with E-state index in [-0.39, 0.29) is 5.91 Å². The number of ether oxygens (including phenoxy) is 2. The van der Waals surface area contributed by atoms with Gasteiger partial charge < -0.3 is 19.7 Å². The first-order chi connectivity index (χ1) is 18.2. The minimum absolute atomic E-state index is 0.00754. The average molecular weight is 515 g/mol. The van der Waals surface area contributed by atoms with Gasteiger partial charge in [-0.15, -0.1) is 5.10 Å². The third-order valence-electron chi connectivity index (χ3n) is 6.03. The quantitative estimate of drug-likeness (QED) is 0.357. The maximum Gasteiger partial charge on any atom is 0.412 e. The molecule has 1 aliphatic heterocycles. The first kappa shape index (κ1) is 25.1. The van der Waals surface area contributed by atoms with Gasteiger partial charge in [-0.05, 0) is 75.2 Å². The first-order valence-electron chi connectivity index (χ1n) is 12.4. The summed E-state index contributed by atoms with van der Waals surface area (Å²) in [6.45, 7) is 7.05. The van der Waals surface area contributed by atoms with Gasteiger partial charge in [0, 0.05) is 36.1 Å². The number of fused-ring (bicyclic) bond motifs is 1. The number of rotatable bonds is 6. The minimum Gasteiger partial charge on any atom is -0.495 e. The Hall–Kier alpha value is -4.60. The van der Waals surface area contributed by atoms with Crippen molar-refractivity contribution in [3.8, 4) is 16.9 Å². The SMILES string of the molecule is COc1cc(C(=O)N2CCC2)ccc1Nc1nc2ccc(-c3ccc(NC(=O)OC(C)(C)C)cc3)cn2n1. The van der Waals surface area contributed by atoms with E-state index in [2.05, 4.69) is 20.7 Å². The first-order valence-corrected chi connectivity index (χ1v) is 12.4. The second-order valence-electron chi connectivity index (χ2n) is 10.0. The number of aromatic nitrogens is 3. The molecule has 0 saturated carbocycles. The lowest BCUT2D eigenvalue weighted by atomic mass is 10.1. The van der Waals surface area contributed by atoms with Crippen LogP contribution in [0.5, 0.6) is 5.75 Å². The number of nitrogens with zero attached hydrogens (tertiary/aromatic N) is 4. The Morgan fingerprint density at radius 1 is 0.974 bits per heavy atom. The predicted molar refractivity (Wildman–Crippen MR) is 145 cm³/mol. The number of anilines is 3. The molecule has 0 bridgehead atoms. The molecule has 5 rings (SSSR count). The predicted octanol–water partition coefficient (Wildman–Crippen LogP) is 5.34. The summed E-state index contributed by atoms with van der Waals surface area (Å²) in [5.41, 5.74) is 3.89. The Balaban J connectivity index is 1.30. The Morgan fingerprint density at radius 3 is 2.37 bits per heavy atom. The van der Waals surface area contributed by atoms with Gasteiger partial charge in [-0.3, -0.25) is 10.1 Å². The van der Waals surface area contributed by atoms with Crippen molar-refractivity contribution in [1.82, 2.24) is 19.5 Å². The Labute approximate surface area is 220 Å². The van der Waals surface area contributed by atoms with Crippen molar-refractivity contribution in [1.29, 1.82) is 0 Å². The van der Waals surface area contributed by atoms with E-state index in [4.69, 9.17) is 9.47 Å². The van der Waals surface area contributed by atoms with Crippen LogP contribution in [0.3, 0.4) is 0 Å². The molecule has 196 valence electrons. The highest BCUT2D eigenvalue weighted by Gasteiger charge is 2.22. The number of carbonyl (C=O) groups excluding carboxylic acids is 2. The fraction of sp³-hybridized carbons (Fsp3) is 0.286. The number of methoxy groups -OCH3 is 1. The van der Waals surface area contributed by atoms with Crippen LogP contribution in [-0.4, -0.2) is 57.3 Å².